The number of amides is 1. The number of aliphatic hydroxyl groups is 1. The standard InChI is InChI=1S/C21H29NO5/c1-6-7-8-11-22-17(13-9-10-15(27-5)14(23)12-13)16(18(24)20(22)26)19(25)21(2,3)4/h9-10,12,17,23-24H,6-8,11H2,1-5H3. The number of carbonyl (C=O) groups is 2. The summed E-state index contributed by atoms with van der Waals surface area (Å²) in [6, 6.07) is 4.06. The maximum absolute atomic E-state index is 13.0. The Balaban J connectivity index is 2.54. The third-order valence-electron chi connectivity index (χ3n) is 4.75. The van der Waals surface area contributed by atoms with E-state index in [9.17, 15) is 19.8 Å². The number of methoxy groups -OCH3 is 1. The molecule has 0 aromatic heterocycles. The van der Waals surface area contributed by atoms with Crippen molar-refractivity contribution in [3.05, 3.63) is 35.1 Å². The predicted octanol–water partition coefficient (Wildman–Crippen LogP) is 3.90. The summed E-state index contributed by atoms with van der Waals surface area (Å²) in [5.74, 6) is -1.10. The number of aliphatic hydroxyl groups excluding tert-OH is 1. The molecule has 1 unspecified atom stereocenters. The van der Waals surface area contributed by atoms with E-state index in [0.717, 1.165) is 19.3 Å². The maximum Gasteiger partial charge on any atom is 0.290 e. The summed E-state index contributed by atoms with van der Waals surface area (Å²) in [5.41, 5.74) is -0.0983. The van der Waals surface area contributed by atoms with Crippen molar-refractivity contribution in [3.8, 4) is 11.5 Å². The van der Waals surface area contributed by atoms with E-state index >= 15 is 0 Å². The Morgan fingerprint density at radius 3 is 2.41 bits per heavy atom. The van der Waals surface area contributed by atoms with Gasteiger partial charge in [0.25, 0.3) is 5.91 Å². The van der Waals surface area contributed by atoms with Gasteiger partial charge < -0.3 is 19.8 Å². The van der Waals surface area contributed by atoms with Gasteiger partial charge in [-0.05, 0) is 24.1 Å². The van der Waals surface area contributed by atoms with Gasteiger partial charge in [0.2, 0.25) is 0 Å². The maximum atomic E-state index is 13.0. The van der Waals surface area contributed by atoms with Crippen LogP contribution >= 0.6 is 0 Å². The zero-order valence-electron chi connectivity index (χ0n) is 16.7. The molecule has 1 aliphatic heterocycles. The highest BCUT2D eigenvalue weighted by molar-refractivity contribution is 6.10. The molecule has 1 aliphatic rings. The summed E-state index contributed by atoms with van der Waals surface area (Å²) in [5, 5.41) is 20.7. The number of carbonyl (C=O) groups excluding carboxylic acids is 2. The largest absolute Gasteiger partial charge is 0.504 e. The third kappa shape index (κ3) is 4.10. The van der Waals surface area contributed by atoms with E-state index in [1.54, 1.807) is 32.9 Å². The monoisotopic (exact) mass is 375 g/mol. The van der Waals surface area contributed by atoms with Crippen LogP contribution in [0, 0.1) is 5.41 Å². The molecule has 0 bridgehead atoms. The molecular formula is C21H29NO5. The van der Waals surface area contributed by atoms with Crippen molar-refractivity contribution >= 4 is 11.7 Å². The molecule has 0 radical (unpaired) electrons. The summed E-state index contributed by atoms with van der Waals surface area (Å²) in [6.07, 6.45) is 2.70. The molecule has 0 saturated heterocycles. The van der Waals surface area contributed by atoms with Crippen LogP contribution < -0.4 is 4.74 Å². The minimum absolute atomic E-state index is 0.0788. The smallest absolute Gasteiger partial charge is 0.290 e. The highest BCUT2D eigenvalue weighted by Crippen LogP contribution is 2.42. The van der Waals surface area contributed by atoms with Gasteiger partial charge in [-0.25, -0.2) is 0 Å². The Morgan fingerprint density at radius 1 is 1.22 bits per heavy atom. The van der Waals surface area contributed by atoms with E-state index in [2.05, 4.69) is 6.92 Å². The topological polar surface area (TPSA) is 87.1 Å². The van der Waals surface area contributed by atoms with E-state index in [4.69, 9.17) is 4.74 Å². The zero-order chi connectivity index (χ0) is 20.4. The lowest BCUT2D eigenvalue weighted by molar-refractivity contribution is -0.129. The molecule has 2 rings (SSSR count). The van der Waals surface area contributed by atoms with Gasteiger partial charge in [0, 0.05) is 12.0 Å². The molecule has 1 heterocycles. The average molecular weight is 375 g/mol. The lowest BCUT2D eigenvalue weighted by Gasteiger charge is -2.29. The molecule has 1 amide bonds. The Bertz CT molecular complexity index is 760. The molecular weight excluding hydrogens is 346 g/mol. The molecule has 0 fully saturated rings. The summed E-state index contributed by atoms with van der Waals surface area (Å²) in [7, 11) is 1.45. The molecule has 1 atom stereocenters. The number of rotatable bonds is 7. The van der Waals surface area contributed by atoms with Crippen LogP contribution in [0.1, 0.15) is 58.6 Å². The van der Waals surface area contributed by atoms with Crippen LogP contribution in [0.25, 0.3) is 0 Å². The Morgan fingerprint density at radius 2 is 1.89 bits per heavy atom. The second kappa shape index (κ2) is 8.03. The number of hydrogen-bond donors (Lipinski definition) is 2. The molecule has 0 spiro atoms. The van der Waals surface area contributed by atoms with E-state index in [1.807, 2.05) is 0 Å². The molecule has 0 saturated carbocycles. The van der Waals surface area contributed by atoms with E-state index < -0.39 is 23.1 Å². The van der Waals surface area contributed by atoms with Gasteiger partial charge in [0.05, 0.1) is 18.7 Å². The molecule has 2 N–H and O–H groups in total. The number of ether oxygens (including phenoxy) is 1. The summed E-state index contributed by atoms with van der Waals surface area (Å²) >= 11 is 0. The summed E-state index contributed by atoms with van der Waals surface area (Å²) in [6.45, 7) is 7.75. The number of Topliss-reactive ketones (excluding diaryl/α,β-unsaturated/α-hetero) is 1. The Kier molecular flexibility index (Phi) is 6.19. The molecule has 6 nitrogen and oxygen atoms in total. The van der Waals surface area contributed by atoms with Gasteiger partial charge in [-0.1, -0.05) is 46.6 Å². The minimum atomic E-state index is -0.754. The number of phenolic OH excluding ortho intramolecular Hbond substituents is 1. The molecule has 0 aliphatic carbocycles. The first-order valence-electron chi connectivity index (χ1n) is 9.29. The van der Waals surface area contributed by atoms with Gasteiger partial charge >= 0.3 is 0 Å². The molecule has 1 aromatic rings. The van der Waals surface area contributed by atoms with Crippen molar-refractivity contribution in [2.24, 2.45) is 5.41 Å². The number of ketones is 1. The predicted molar refractivity (Wildman–Crippen MR) is 103 cm³/mol. The van der Waals surface area contributed by atoms with E-state index in [0.29, 0.717) is 17.9 Å². The van der Waals surface area contributed by atoms with Gasteiger partial charge in [-0.3, -0.25) is 9.59 Å². The summed E-state index contributed by atoms with van der Waals surface area (Å²) < 4.78 is 5.08. The number of benzene rings is 1. The second-order valence-corrected chi connectivity index (χ2v) is 7.88. The summed E-state index contributed by atoms with van der Waals surface area (Å²) in [4.78, 5) is 27.2. The van der Waals surface area contributed by atoms with Crippen molar-refractivity contribution in [1.29, 1.82) is 0 Å². The first-order valence-corrected chi connectivity index (χ1v) is 9.29. The third-order valence-corrected chi connectivity index (χ3v) is 4.75. The fourth-order valence-electron chi connectivity index (χ4n) is 3.28. The van der Waals surface area contributed by atoms with Crippen LogP contribution in [0.5, 0.6) is 11.5 Å². The van der Waals surface area contributed by atoms with Crippen LogP contribution in [0.15, 0.2) is 29.5 Å². The quantitative estimate of drug-likeness (QED) is 0.706. The van der Waals surface area contributed by atoms with Gasteiger partial charge in [-0.2, -0.15) is 0 Å². The lowest BCUT2D eigenvalue weighted by Crippen LogP contribution is -2.33. The first-order chi connectivity index (χ1) is 12.6. The molecule has 1 aromatic carbocycles. The Labute approximate surface area is 160 Å². The van der Waals surface area contributed by atoms with Gasteiger partial charge in [0.1, 0.15) is 0 Å². The van der Waals surface area contributed by atoms with Crippen LogP contribution in [0.3, 0.4) is 0 Å². The Hall–Kier alpha value is -2.50. The SMILES string of the molecule is CCCCCN1C(=O)C(O)=C(C(=O)C(C)(C)C)C1c1ccc(OC)c(O)c1. The van der Waals surface area contributed by atoms with Crippen molar-refractivity contribution in [3.63, 3.8) is 0 Å². The number of unbranched alkanes of at least 4 members (excludes halogenated alkanes) is 2. The highest BCUT2D eigenvalue weighted by atomic mass is 16.5. The van der Waals surface area contributed by atoms with Crippen molar-refractivity contribution in [2.45, 2.75) is 53.0 Å². The number of phenols is 1. The van der Waals surface area contributed by atoms with Crippen molar-refractivity contribution in [2.75, 3.05) is 13.7 Å². The zero-order valence-corrected chi connectivity index (χ0v) is 16.7. The number of aromatic hydroxyl groups is 1. The fraction of sp³-hybridized carbons (Fsp3) is 0.524. The normalized spacial score (nSPS) is 17.6. The molecule has 27 heavy (non-hydrogen) atoms. The number of nitrogens with zero attached hydrogens (tertiary/aromatic N) is 1. The minimum Gasteiger partial charge on any atom is -0.504 e. The average Bonchev–Trinajstić information content (AvgIpc) is 2.85. The molecule has 6 heteroatoms. The first kappa shape index (κ1) is 20.8. The number of hydrogen-bond acceptors (Lipinski definition) is 5. The van der Waals surface area contributed by atoms with Crippen molar-refractivity contribution in [1.82, 2.24) is 4.90 Å². The van der Waals surface area contributed by atoms with Crippen LogP contribution in [-0.4, -0.2) is 40.5 Å². The van der Waals surface area contributed by atoms with Crippen LogP contribution in [0.2, 0.25) is 0 Å². The highest BCUT2D eigenvalue weighted by Gasteiger charge is 2.45. The van der Waals surface area contributed by atoms with E-state index in [-0.39, 0.29) is 17.1 Å². The van der Waals surface area contributed by atoms with Gasteiger partial charge in [-0.15, -0.1) is 0 Å². The van der Waals surface area contributed by atoms with Crippen LogP contribution in [0.4, 0.5) is 0 Å². The van der Waals surface area contributed by atoms with Crippen molar-refractivity contribution < 1.29 is 24.5 Å². The van der Waals surface area contributed by atoms with Gasteiger partial charge in [0.15, 0.2) is 23.0 Å². The fourth-order valence-corrected chi connectivity index (χ4v) is 3.28. The second-order valence-electron chi connectivity index (χ2n) is 7.88. The lowest BCUT2D eigenvalue weighted by atomic mass is 9.82. The molecule has 148 valence electrons. The van der Waals surface area contributed by atoms with Crippen LogP contribution in [-0.2, 0) is 9.59 Å². The van der Waals surface area contributed by atoms with E-state index in [1.165, 1.54) is 18.1 Å².